The quantitative estimate of drug-likeness (QED) is 0.712. The Morgan fingerprint density at radius 1 is 1.14 bits per heavy atom. The van der Waals surface area contributed by atoms with Crippen molar-refractivity contribution in [2.75, 3.05) is 18.2 Å². The van der Waals surface area contributed by atoms with Crippen molar-refractivity contribution in [2.24, 2.45) is 0 Å². The van der Waals surface area contributed by atoms with Gasteiger partial charge in [0, 0.05) is 11.9 Å². The van der Waals surface area contributed by atoms with Gasteiger partial charge in [0.2, 0.25) is 0 Å². The van der Waals surface area contributed by atoms with Gasteiger partial charge in [-0.1, -0.05) is 41.9 Å². The highest BCUT2D eigenvalue weighted by molar-refractivity contribution is 6.33. The largest absolute Gasteiger partial charge is 0.497 e. The molecule has 5 heteroatoms. The van der Waals surface area contributed by atoms with Crippen LogP contribution in [0.15, 0.2) is 48.5 Å². The SMILES string of the molecule is COc1ccc(CNc2c(N)c(Cl)nc3ccccc23)cc1. The van der Waals surface area contributed by atoms with E-state index < -0.39 is 0 Å². The predicted octanol–water partition coefficient (Wildman–Crippen LogP) is 4.09. The van der Waals surface area contributed by atoms with E-state index in [-0.39, 0.29) is 0 Å². The third-order valence-electron chi connectivity index (χ3n) is 3.51. The van der Waals surface area contributed by atoms with Crippen LogP contribution in [-0.2, 0) is 6.54 Å². The third kappa shape index (κ3) is 2.78. The Hall–Kier alpha value is -2.46. The van der Waals surface area contributed by atoms with Gasteiger partial charge in [-0.2, -0.15) is 0 Å². The Kier molecular flexibility index (Phi) is 4.02. The van der Waals surface area contributed by atoms with E-state index in [4.69, 9.17) is 22.1 Å². The van der Waals surface area contributed by atoms with E-state index >= 15 is 0 Å². The molecule has 0 spiro atoms. The van der Waals surface area contributed by atoms with Gasteiger partial charge in [0.05, 0.1) is 24.0 Å². The Labute approximate surface area is 133 Å². The number of methoxy groups -OCH3 is 1. The number of nitrogen functional groups attached to an aromatic ring is 1. The fraction of sp³-hybridized carbons (Fsp3) is 0.118. The first-order valence-corrected chi connectivity index (χ1v) is 7.27. The molecule has 0 atom stereocenters. The molecular weight excluding hydrogens is 298 g/mol. The van der Waals surface area contributed by atoms with E-state index in [0.29, 0.717) is 17.4 Å². The molecule has 112 valence electrons. The van der Waals surface area contributed by atoms with E-state index in [1.807, 2.05) is 48.5 Å². The standard InChI is InChI=1S/C17H16ClN3O/c1-22-12-8-6-11(7-9-12)10-20-16-13-4-2-3-5-14(13)21-17(18)15(16)19/h2-9H,10,19H2,1H3,(H,20,21). The van der Waals surface area contributed by atoms with Crippen LogP contribution in [0.1, 0.15) is 5.56 Å². The van der Waals surface area contributed by atoms with Gasteiger partial charge in [-0.05, 0) is 23.8 Å². The lowest BCUT2D eigenvalue weighted by atomic mass is 10.1. The van der Waals surface area contributed by atoms with Gasteiger partial charge in [0.15, 0.2) is 5.15 Å². The number of ether oxygens (including phenoxy) is 1. The highest BCUT2D eigenvalue weighted by Gasteiger charge is 2.10. The summed E-state index contributed by atoms with van der Waals surface area (Å²) in [4.78, 5) is 4.30. The lowest BCUT2D eigenvalue weighted by molar-refractivity contribution is 0.414. The van der Waals surface area contributed by atoms with E-state index in [2.05, 4.69) is 10.3 Å². The van der Waals surface area contributed by atoms with Crippen molar-refractivity contribution in [2.45, 2.75) is 6.54 Å². The third-order valence-corrected chi connectivity index (χ3v) is 3.80. The molecule has 0 amide bonds. The Bertz CT molecular complexity index is 803. The minimum absolute atomic E-state index is 0.316. The van der Waals surface area contributed by atoms with Crippen LogP contribution in [0, 0.1) is 0 Å². The molecule has 0 aliphatic carbocycles. The summed E-state index contributed by atoms with van der Waals surface area (Å²) in [6.07, 6.45) is 0. The zero-order valence-electron chi connectivity index (χ0n) is 12.1. The maximum atomic E-state index is 6.12. The van der Waals surface area contributed by atoms with Crippen molar-refractivity contribution in [1.29, 1.82) is 0 Å². The van der Waals surface area contributed by atoms with Crippen molar-refractivity contribution in [3.8, 4) is 5.75 Å². The topological polar surface area (TPSA) is 60.2 Å². The fourth-order valence-electron chi connectivity index (χ4n) is 2.32. The number of halogens is 1. The summed E-state index contributed by atoms with van der Waals surface area (Å²) < 4.78 is 5.16. The zero-order chi connectivity index (χ0) is 15.5. The number of pyridine rings is 1. The van der Waals surface area contributed by atoms with Crippen LogP contribution in [0.3, 0.4) is 0 Å². The number of anilines is 2. The number of rotatable bonds is 4. The normalized spacial score (nSPS) is 10.6. The molecule has 0 saturated heterocycles. The van der Waals surface area contributed by atoms with Crippen molar-refractivity contribution >= 4 is 33.9 Å². The molecular formula is C17H16ClN3O. The molecule has 3 rings (SSSR count). The Balaban J connectivity index is 1.91. The first-order chi connectivity index (χ1) is 10.7. The highest BCUT2D eigenvalue weighted by Crippen LogP contribution is 2.33. The van der Waals surface area contributed by atoms with Crippen molar-refractivity contribution in [3.05, 3.63) is 59.2 Å². The maximum absolute atomic E-state index is 6.12. The fourth-order valence-corrected chi connectivity index (χ4v) is 2.51. The maximum Gasteiger partial charge on any atom is 0.154 e. The average Bonchev–Trinajstić information content (AvgIpc) is 2.56. The molecule has 0 radical (unpaired) electrons. The second-order valence-electron chi connectivity index (χ2n) is 4.91. The molecule has 0 aliphatic heterocycles. The second-order valence-corrected chi connectivity index (χ2v) is 5.27. The highest BCUT2D eigenvalue weighted by atomic mass is 35.5. The van der Waals surface area contributed by atoms with Crippen LogP contribution in [0.25, 0.3) is 10.9 Å². The van der Waals surface area contributed by atoms with Gasteiger partial charge in [-0.3, -0.25) is 0 Å². The minimum Gasteiger partial charge on any atom is -0.497 e. The number of nitrogens with one attached hydrogen (secondary N) is 1. The summed E-state index contributed by atoms with van der Waals surface area (Å²) in [5.41, 5.74) is 9.30. The van der Waals surface area contributed by atoms with Crippen LogP contribution in [0.4, 0.5) is 11.4 Å². The summed E-state index contributed by atoms with van der Waals surface area (Å²) in [5.74, 6) is 0.834. The summed E-state index contributed by atoms with van der Waals surface area (Å²) in [6.45, 7) is 0.637. The van der Waals surface area contributed by atoms with E-state index in [1.54, 1.807) is 7.11 Å². The lowest BCUT2D eigenvalue weighted by Gasteiger charge is -2.13. The minimum atomic E-state index is 0.316. The molecule has 0 unspecified atom stereocenters. The number of hydrogen-bond donors (Lipinski definition) is 2. The molecule has 0 saturated carbocycles. The first-order valence-electron chi connectivity index (χ1n) is 6.89. The van der Waals surface area contributed by atoms with E-state index in [9.17, 15) is 0 Å². The summed E-state index contributed by atoms with van der Waals surface area (Å²) in [5, 5.41) is 4.63. The number of benzene rings is 2. The number of para-hydroxylation sites is 1. The second kappa shape index (κ2) is 6.12. The van der Waals surface area contributed by atoms with Gasteiger partial charge in [0.25, 0.3) is 0 Å². The van der Waals surface area contributed by atoms with Gasteiger partial charge in [-0.15, -0.1) is 0 Å². The van der Waals surface area contributed by atoms with Crippen LogP contribution in [-0.4, -0.2) is 12.1 Å². The van der Waals surface area contributed by atoms with E-state index in [1.165, 1.54) is 0 Å². The molecule has 1 heterocycles. The number of fused-ring (bicyclic) bond motifs is 1. The molecule has 1 aromatic heterocycles. The zero-order valence-corrected chi connectivity index (χ0v) is 12.9. The first kappa shape index (κ1) is 14.5. The molecule has 22 heavy (non-hydrogen) atoms. The Morgan fingerprint density at radius 3 is 2.59 bits per heavy atom. The lowest BCUT2D eigenvalue weighted by Crippen LogP contribution is -2.04. The number of hydrogen-bond acceptors (Lipinski definition) is 4. The van der Waals surface area contributed by atoms with Crippen LogP contribution in [0.2, 0.25) is 5.15 Å². The van der Waals surface area contributed by atoms with Crippen molar-refractivity contribution in [1.82, 2.24) is 4.98 Å². The molecule has 0 fully saturated rings. The molecule has 0 bridgehead atoms. The number of nitrogens with zero attached hydrogens (tertiary/aromatic N) is 1. The summed E-state index contributed by atoms with van der Waals surface area (Å²) >= 11 is 6.12. The Morgan fingerprint density at radius 2 is 1.86 bits per heavy atom. The number of nitrogens with two attached hydrogens (primary N) is 1. The smallest absolute Gasteiger partial charge is 0.154 e. The molecule has 3 aromatic rings. The van der Waals surface area contributed by atoms with Gasteiger partial charge in [-0.25, -0.2) is 4.98 Å². The molecule has 2 aromatic carbocycles. The van der Waals surface area contributed by atoms with Crippen molar-refractivity contribution < 1.29 is 4.74 Å². The van der Waals surface area contributed by atoms with Crippen LogP contribution < -0.4 is 15.8 Å². The average molecular weight is 314 g/mol. The molecule has 0 aliphatic rings. The number of aromatic nitrogens is 1. The predicted molar refractivity (Wildman–Crippen MR) is 91.5 cm³/mol. The summed E-state index contributed by atoms with van der Waals surface area (Å²) in [7, 11) is 1.65. The van der Waals surface area contributed by atoms with Crippen molar-refractivity contribution in [3.63, 3.8) is 0 Å². The summed E-state index contributed by atoms with van der Waals surface area (Å²) in [6, 6.07) is 15.6. The molecule has 4 nitrogen and oxygen atoms in total. The van der Waals surface area contributed by atoms with Gasteiger partial charge >= 0.3 is 0 Å². The van der Waals surface area contributed by atoms with Crippen LogP contribution >= 0.6 is 11.6 Å². The monoisotopic (exact) mass is 313 g/mol. The van der Waals surface area contributed by atoms with Gasteiger partial charge in [0.1, 0.15) is 5.75 Å². The van der Waals surface area contributed by atoms with E-state index in [0.717, 1.165) is 27.9 Å². The van der Waals surface area contributed by atoms with Gasteiger partial charge < -0.3 is 15.8 Å². The van der Waals surface area contributed by atoms with Crippen LogP contribution in [0.5, 0.6) is 5.75 Å². The molecule has 3 N–H and O–H groups in total.